The van der Waals surface area contributed by atoms with Crippen LogP contribution < -0.4 is 45.3 Å². The normalized spacial score (nSPS) is 11.6. The van der Waals surface area contributed by atoms with Crippen molar-refractivity contribution in [2.24, 2.45) is 0 Å². The molecule has 3 rings (SSSR count). The number of anilines is 1. The van der Waals surface area contributed by atoms with E-state index in [1.165, 1.54) is 10.5 Å². The Bertz CT molecular complexity index is 1010. The van der Waals surface area contributed by atoms with Crippen LogP contribution in [0.1, 0.15) is 5.56 Å². The number of likely N-dealkylation sites (N-methyl/N-ethyl adjacent to an activating group) is 1. The molecule has 2 aromatic carbocycles. The summed E-state index contributed by atoms with van der Waals surface area (Å²) < 4.78 is 0. The molecule has 0 unspecified atom stereocenters. The Kier molecular flexibility index (Phi) is 12.1. The number of carbonyl (C=O) groups is 1. The highest BCUT2D eigenvalue weighted by atomic mass is 35.5. The number of aromatic nitrogens is 1. The van der Waals surface area contributed by atoms with Crippen molar-refractivity contribution in [3.63, 3.8) is 0 Å². The van der Waals surface area contributed by atoms with E-state index in [4.69, 9.17) is 11.6 Å². The highest BCUT2D eigenvalue weighted by Crippen LogP contribution is 2.24. The summed E-state index contributed by atoms with van der Waals surface area (Å²) in [5.41, 5.74) is 3.15. The van der Waals surface area contributed by atoms with Gasteiger partial charge in [0.1, 0.15) is 0 Å². The third kappa shape index (κ3) is 8.67. The van der Waals surface area contributed by atoms with Crippen LogP contribution in [0.15, 0.2) is 72.9 Å². The number of nitrogens with one attached hydrogen (secondary N) is 4. The Balaban J connectivity index is 0.00000256. The van der Waals surface area contributed by atoms with Crippen molar-refractivity contribution >= 4 is 34.1 Å². The van der Waals surface area contributed by atoms with Crippen molar-refractivity contribution in [2.45, 2.75) is 12.5 Å². The Morgan fingerprint density at radius 1 is 1.12 bits per heavy atom. The van der Waals surface area contributed by atoms with Crippen molar-refractivity contribution in [3.05, 3.63) is 83.5 Å². The quantitative estimate of drug-likeness (QED) is 0.266. The molecule has 1 heterocycles. The summed E-state index contributed by atoms with van der Waals surface area (Å²) in [6, 6.07) is 18.0. The van der Waals surface area contributed by atoms with Crippen molar-refractivity contribution in [1.82, 2.24) is 5.32 Å². The van der Waals surface area contributed by atoms with Crippen LogP contribution in [0, 0.1) is 0 Å². The lowest BCUT2D eigenvalue weighted by atomic mass is 10.0. The maximum Gasteiger partial charge on any atom is 0.243 e. The molecule has 0 aliphatic carbocycles. The number of benzene rings is 2. The van der Waals surface area contributed by atoms with Gasteiger partial charge in [0.05, 0.1) is 38.3 Å². The number of H-pyrrole nitrogens is 1. The predicted molar refractivity (Wildman–Crippen MR) is 123 cm³/mol. The zero-order valence-corrected chi connectivity index (χ0v) is 20.4. The first-order valence-corrected chi connectivity index (χ1v) is 10.5. The summed E-state index contributed by atoms with van der Waals surface area (Å²) in [7, 11) is 4.13. The van der Waals surface area contributed by atoms with E-state index < -0.39 is 0 Å². The van der Waals surface area contributed by atoms with Gasteiger partial charge in [-0.3, -0.25) is 4.79 Å². The molecule has 172 valence electrons. The molecule has 0 radical (unpaired) electrons. The van der Waals surface area contributed by atoms with E-state index in [1.807, 2.05) is 54.7 Å². The smallest absolute Gasteiger partial charge is 0.243 e. The second kappa shape index (κ2) is 14.0. The minimum atomic E-state index is -0.0749. The molecule has 1 aromatic heterocycles. The van der Waals surface area contributed by atoms with Crippen LogP contribution in [0.5, 0.6) is 0 Å². The van der Waals surface area contributed by atoms with Gasteiger partial charge in [-0.15, -0.1) is 0 Å². The van der Waals surface area contributed by atoms with Crippen LogP contribution in [-0.4, -0.2) is 39.1 Å². The maximum atomic E-state index is 12.2. The number of hydrogen-bond donors (Lipinski definition) is 3. The van der Waals surface area contributed by atoms with Gasteiger partial charge in [-0.25, -0.2) is 4.98 Å². The minimum absolute atomic E-state index is 0. The summed E-state index contributed by atoms with van der Waals surface area (Å²) in [6.45, 7) is 1.54. The summed E-state index contributed by atoms with van der Waals surface area (Å²) in [6.07, 6.45) is 6.21. The lowest BCUT2D eigenvalue weighted by Crippen LogP contribution is -3.06. The van der Waals surface area contributed by atoms with E-state index in [0.717, 1.165) is 29.6 Å². The fourth-order valence-electron chi connectivity index (χ4n) is 3.23. The highest BCUT2D eigenvalue weighted by Gasteiger charge is 2.12. The molecule has 32 heavy (non-hydrogen) atoms. The molecule has 4 N–H and O–H groups in total. The first-order valence-electron chi connectivity index (χ1n) is 10.2. The maximum absolute atomic E-state index is 12.2. The lowest BCUT2D eigenvalue weighted by Gasteiger charge is -2.17. The van der Waals surface area contributed by atoms with Gasteiger partial charge in [-0.05, 0) is 24.1 Å². The SMILES string of the molecule is C[NH+](C)CCNC(=O)/C=C/[C@H](Cc1ccccc1)Nc1cc[nH+]c2cc(Cl)ccc12.[Cl-].[Cl-]. The number of hydrogen-bond acceptors (Lipinski definition) is 2. The van der Waals surface area contributed by atoms with Crippen molar-refractivity contribution in [3.8, 4) is 0 Å². The molecule has 0 saturated heterocycles. The van der Waals surface area contributed by atoms with E-state index in [0.29, 0.717) is 11.6 Å². The number of halogens is 3. The van der Waals surface area contributed by atoms with Crippen LogP contribution >= 0.6 is 11.6 Å². The van der Waals surface area contributed by atoms with Crippen molar-refractivity contribution < 1.29 is 39.5 Å². The van der Waals surface area contributed by atoms with Gasteiger partial charge in [-0.1, -0.05) is 48.0 Å². The average molecular weight is 496 g/mol. The molecule has 8 heteroatoms. The Morgan fingerprint density at radius 3 is 2.59 bits per heavy atom. The number of fused-ring (bicyclic) bond motifs is 1. The lowest BCUT2D eigenvalue weighted by molar-refractivity contribution is -0.856. The van der Waals surface area contributed by atoms with E-state index in [9.17, 15) is 4.79 Å². The van der Waals surface area contributed by atoms with Gasteiger partial charge in [-0.2, -0.15) is 0 Å². The topological polar surface area (TPSA) is 59.7 Å². The van der Waals surface area contributed by atoms with Gasteiger partial charge in [0.25, 0.3) is 0 Å². The van der Waals surface area contributed by atoms with Crippen LogP contribution in [-0.2, 0) is 11.2 Å². The number of amides is 1. The third-order valence-corrected chi connectivity index (χ3v) is 5.04. The van der Waals surface area contributed by atoms with Gasteiger partial charge >= 0.3 is 0 Å². The van der Waals surface area contributed by atoms with Crippen LogP contribution in [0.2, 0.25) is 5.02 Å². The van der Waals surface area contributed by atoms with Crippen LogP contribution in [0.3, 0.4) is 0 Å². The molecule has 3 aromatic rings. The van der Waals surface area contributed by atoms with Gasteiger partial charge in [0, 0.05) is 29.3 Å². The molecule has 1 atom stereocenters. The predicted octanol–water partition coefficient (Wildman–Crippen LogP) is -3.84. The molecule has 0 fully saturated rings. The largest absolute Gasteiger partial charge is 1.00 e. The zero-order chi connectivity index (χ0) is 21.3. The van der Waals surface area contributed by atoms with Crippen molar-refractivity contribution in [2.75, 3.05) is 32.5 Å². The fraction of sp³-hybridized carbons (Fsp3) is 0.250. The number of aromatic amines is 1. The fourth-order valence-corrected chi connectivity index (χ4v) is 3.41. The van der Waals surface area contributed by atoms with Gasteiger partial charge < -0.3 is 40.3 Å². The number of carbonyl (C=O) groups excluding carboxylic acids is 1. The van der Waals surface area contributed by atoms with E-state index in [1.54, 1.807) is 6.08 Å². The third-order valence-electron chi connectivity index (χ3n) is 4.80. The Hall–Kier alpha value is -2.31. The zero-order valence-electron chi connectivity index (χ0n) is 18.2. The summed E-state index contributed by atoms with van der Waals surface area (Å²) in [5.74, 6) is -0.0749. The van der Waals surface area contributed by atoms with Gasteiger partial charge in [0.2, 0.25) is 11.4 Å². The highest BCUT2D eigenvalue weighted by molar-refractivity contribution is 6.31. The Labute approximate surface area is 207 Å². The summed E-state index contributed by atoms with van der Waals surface area (Å²) in [5, 5.41) is 8.26. The average Bonchev–Trinajstić information content (AvgIpc) is 2.72. The van der Waals surface area contributed by atoms with E-state index in [2.05, 4.69) is 41.8 Å². The van der Waals surface area contributed by atoms with Crippen molar-refractivity contribution in [1.29, 1.82) is 0 Å². The van der Waals surface area contributed by atoms with Crippen LogP contribution in [0.25, 0.3) is 10.9 Å². The molecular formula is C24H29Cl3N4O. The standard InChI is InChI=1S/C24H27ClN4O.2ClH/c1-29(2)15-14-27-24(30)11-9-20(16-18-6-4-3-5-7-18)28-22-12-13-26-23-17-19(25)8-10-21(22)23;;/h3-13,17,20H,14-16H2,1-2H3,(H,26,28)(H,27,30);2*1H/b11-9+;;/t20-;;/m1../s1. The number of quaternary nitrogens is 1. The van der Waals surface area contributed by atoms with E-state index >= 15 is 0 Å². The molecule has 0 bridgehead atoms. The second-order valence-electron chi connectivity index (χ2n) is 7.63. The first kappa shape index (κ1) is 27.7. The monoisotopic (exact) mass is 494 g/mol. The Morgan fingerprint density at radius 2 is 1.88 bits per heavy atom. The molecule has 0 aliphatic heterocycles. The first-order chi connectivity index (χ1) is 14.5. The summed E-state index contributed by atoms with van der Waals surface area (Å²) in [4.78, 5) is 16.8. The molecule has 0 saturated carbocycles. The molecular weight excluding hydrogens is 467 g/mol. The second-order valence-corrected chi connectivity index (χ2v) is 8.07. The minimum Gasteiger partial charge on any atom is -1.00 e. The molecule has 5 nitrogen and oxygen atoms in total. The molecule has 1 amide bonds. The van der Waals surface area contributed by atoms with E-state index in [-0.39, 0.29) is 36.8 Å². The summed E-state index contributed by atoms with van der Waals surface area (Å²) >= 11 is 6.13. The molecule has 0 aliphatic rings. The van der Waals surface area contributed by atoms with Crippen LogP contribution in [0.4, 0.5) is 5.69 Å². The number of pyridine rings is 1. The number of rotatable bonds is 9. The molecule has 0 spiro atoms. The van der Waals surface area contributed by atoms with Gasteiger partial charge in [0.15, 0.2) is 6.20 Å².